The number of aliphatic carboxylic acids is 1. The lowest BCUT2D eigenvalue weighted by Crippen LogP contribution is -2.31. The summed E-state index contributed by atoms with van der Waals surface area (Å²) in [7, 11) is 0. The second kappa shape index (κ2) is 11.6. The molecule has 8 nitrogen and oxygen atoms in total. The molecular formula is C28H31BrF3N5O3. The number of benzene rings is 1. The van der Waals surface area contributed by atoms with Gasteiger partial charge in [0.25, 0.3) is 5.91 Å². The van der Waals surface area contributed by atoms with E-state index in [2.05, 4.69) is 36.6 Å². The first-order chi connectivity index (χ1) is 18.7. The molecule has 0 fully saturated rings. The number of fused-ring (bicyclic) bond motifs is 1. The number of rotatable bonds is 8. The normalized spacial score (nSPS) is 14.3. The highest BCUT2D eigenvalue weighted by atomic mass is 79.9. The van der Waals surface area contributed by atoms with Gasteiger partial charge < -0.3 is 15.7 Å². The number of anilines is 1. The van der Waals surface area contributed by atoms with Crippen molar-refractivity contribution in [1.29, 1.82) is 0 Å². The van der Waals surface area contributed by atoms with Gasteiger partial charge in [0.05, 0.1) is 18.0 Å². The fraction of sp³-hybridized carbons (Fsp3) is 0.429. The summed E-state index contributed by atoms with van der Waals surface area (Å²) in [6.45, 7) is 6.81. The van der Waals surface area contributed by atoms with Crippen LogP contribution in [-0.2, 0) is 35.8 Å². The number of nitrogens with one attached hydrogen (secondary N) is 2. The van der Waals surface area contributed by atoms with Crippen molar-refractivity contribution in [2.45, 2.75) is 70.6 Å². The van der Waals surface area contributed by atoms with Crippen LogP contribution >= 0.6 is 15.9 Å². The predicted octanol–water partition coefficient (Wildman–Crippen LogP) is 5.90. The maximum atomic E-state index is 13.9. The molecule has 0 bridgehead atoms. The lowest BCUT2D eigenvalue weighted by atomic mass is 9.85. The topological polar surface area (TPSA) is 109 Å². The molecule has 1 aliphatic heterocycles. The third-order valence-corrected chi connectivity index (χ3v) is 7.15. The molecule has 4 rings (SSSR count). The van der Waals surface area contributed by atoms with Gasteiger partial charge in [0, 0.05) is 35.9 Å². The van der Waals surface area contributed by atoms with Crippen molar-refractivity contribution in [2.75, 3.05) is 11.9 Å². The molecule has 12 heteroatoms. The molecule has 0 saturated carbocycles. The molecule has 1 amide bonds. The van der Waals surface area contributed by atoms with E-state index in [4.69, 9.17) is 0 Å². The van der Waals surface area contributed by atoms with Gasteiger partial charge in [0.1, 0.15) is 5.82 Å². The molecule has 1 aromatic carbocycles. The molecule has 1 atom stereocenters. The number of aromatic nitrogens is 3. The average Bonchev–Trinajstić information content (AvgIpc) is 3.31. The number of halogens is 4. The summed E-state index contributed by atoms with van der Waals surface area (Å²) in [5, 5.41) is 18.9. The number of alkyl halides is 3. The number of aryl methyl sites for hydroxylation is 3. The Bertz CT molecular complexity index is 1420. The van der Waals surface area contributed by atoms with Crippen LogP contribution in [0, 0.1) is 0 Å². The maximum Gasteiger partial charge on any atom is 0.435 e. The second-order valence-electron chi connectivity index (χ2n) is 10.9. The Kier molecular flexibility index (Phi) is 8.57. The predicted molar refractivity (Wildman–Crippen MR) is 147 cm³/mol. The van der Waals surface area contributed by atoms with Crippen LogP contribution in [0.25, 0.3) is 0 Å². The minimum Gasteiger partial charge on any atom is -0.481 e. The van der Waals surface area contributed by atoms with Crippen LogP contribution in [0.3, 0.4) is 0 Å². The van der Waals surface area contributed by atoms with Crippen LogP contribution in [0.4, 0.5) is 19.0 Å². The zero-order valence-electron chi connectivity index (χ0n) is 22.4. The third kappa shape index (κ3) is 7.21. The molecule has 0 aliphatic carbocycles. The van der Waals surface area contributed by atoms with Crippen molar-refractivity contribution in [3.63, 3.8) is 0 Å². The van der Waals surface area contributed by atoms with Gasteiger partial charge in [-0.05, 0) is 53.1 Å². The van der Waals surface area contributed by atoms with Crippen LogP contribution < -0.4 is 10.6 Å². The van der Waals surface area contributed by atoms with Crippen LogP contribution in [0.1, 0.15) is 78.1 Å². The Labute approximate surface area is 238 Å². The number of hydrogen-bond acceptors (Lipinski definition) is 5. The molecule has 3 heterocycles. The molecule has 0 saturated heterocycles. The van der Waals surface area contributed by atoms with E-state index in [1.54, 1.807) is 12.1 Å². The SMILES string of the molecule is CC(C)(C)c1cc(Br)cc(C(CC(=O)O)NC(=O)c2cn(CCc3ccc4c(n3)NCCC4)nc2C(F)(F)F)c1. The zero-order valence-corrected chi connectivity index (χ0v) is 24.0. The third-order valence-electron chi connectivity index (χ3n) is 6.70. The van der Waals surface area contributed by atoms with Gasteiger partial charge in [0.2, 0.25) is 0 Å². The van der Waals surface area contributed by atoms with Crippen molar-refractivity contribution in [3.05, 3.63) is 74.6 Å². The maximum absolute atomic E-state index is 13.9. The molecular weight excluding hydrogens is 591 g/mol. The van der Waals surface area contributed by atoms with Crippen molar-refractivity contribution in [1.82, 2.24) is 20.1 Å². The van der Waals surface area contributed by atoms with E-state index < -0.39 is 41.8 Å². The van der Waals surface area contributed by atoms with Gasteiger partial charge in [-0.15, -0.1) is 0 Å². The lowest BCUT2D eigenvalue weighted by Gasteiger charge is -2.24. The number of amides is 1. The number of pyridine rings is 1. The molecule has 3 aromatic rings. The smallest absolute Gasteiger partial charge is 0.435 e. The Morgan fingerprint density at radius 3 is 2.62 bits per heavy atom. The number of carboxylic acids is 1. The lowest BCUT2D eigenvalue weighted by molar-refractivity contribution is -0.142. The van der Waals surface area contributed by atoms with Gasteiger partial charge in [-0.2, -0.15) is 18.3 Å². The Morgan fingerprint density at radius 1 is 1.20 bits per heavy atom. The molecule has 2 aromatic heterocycles. The largest absolute Gasteiger partial charge is 0.481 e. The first kappa shape index (κ1) is 29.6. The number of carboxylic acid groups (broad SMARTS) is 1. The minimum atomic E-state index is -4.89. The molecule has 3 N–H and O–H groups in total. The van der Waals surface area contributed by atoms with E-state index in [0.29, 0.717) is 22.2 Å². The second-order valence-corrected chi connectivity index (χ2v) is 11.8. The van der Waals surface area contributed by atoms with Gasteiger partial charge in [0.15, 0.2) is 5.69 Å². The highest BCUT2D eigenvalue weighted by Gasteiger charge is 2.39. The zero-order chi connectivity index (χ0) is 29.2. The van der Waals surface area contributed by atoms with Gasteiger partial charge in [-0.25, -0.2) is 4.98 Å². The summed E-state index contributed by atoms with van der Waals surface area (Å²) in [6, 6.07) is 8.02. The molecule has 0 spiro atoms. The quantitative estimate of drug-likeness (QED) is 0.289. The molecule has 0 radical (unpaired) electrons. The van der Waals surface area contributed by atoms with Crippen molar-refractivity contribution in [3.8, 4) is 0 Å². The summed E-state index contributed by atoms with van der Waals surface area (Å²) < 4.78 is 43.5. The van der Waals surface area contributed by atoms with E-state index in [9.17, 15) is 27.9 Å². The van der Waals surface area contributed by atoms with Gasteiger partial charge >= 0.3 is 12.1 Å². The fourth-order valence-electron chi connectivity index (χ4n) is 4.56. The van der Waals surface area contributed by atoms with E-state index in [1.165, 1.54) is 0 Å². The first-order valence-corrected chi connectivity index (χ1v) is 13.7. The van der Waals surface area contributed by atoms with Crippen LogP contribution in [0.5, 0.6) is 0 Å². The average molecular weight is 622 g/mol. The monoisotopic (exact) mass is 621 g/mol. The number of nitrogens with zero attached hydrogens (tertiary/aromatic N) is 3. The van der Waals surface area contributed by atoms with Crippen LogP contribution in [-0.4, -0.2) is 38.3 Å². The molecule has 1 aliphatic rings. The van der Waals surface area contributed by atoms with E-state index in [-0.39, 0.29) is 12.0 Å². The van der Waals surface area contributed by atoms with Crippen molar-refractivity contribution >= 4 is 33.6 Å². The van der Waals surface area contributed by atoms with Crippen molar-refractivity contribution in [2.24, 2.45) is 0 Å². The fourth-order valence-corrected chi connectivity index (χ4v) is 5.07. The number of hydrogen-bond donors (Lipinski definition) is 3. The molecule has 214 valence electrons. The summed E-state index contributed by atoms with van der Waals surface area (Å²) in [4.78, 5) is 29.4. The van der Waals surface area contributed by atoms with Crippen LogP contribution in [0.15, 0.2) is 41.0 Å². The van der Waals surface area contributed by atoms with E-state index >= 15 is 0 Å². The molecule has 1 unspecified atom stereocenters. The highest BCUT2D eigenvalue weighted by Crippen LogP contribution is 2.33. The minimum absolute atomic E-state index is 0.0707. The van der Waals surface area contributed by atoms with E-state index in [0.717, 1.165) is 47.2 Å². The first-order valence-electron chi connectivity index (χ1n) is 12.9. The van der Waals surface area contributed by atoms with E-state index in [1.807, 2.05) is 39.0 Å². The summed E-state index contributed by atoms with van der Waals surface area (Å²) in [5.74, 6) is -1.48. The molecule has 40 heavy (non-hydrogen) atoms. The highest BCUT2D eigenvalue weighted by molar-refractivity contribution is 9.10. The van der Waals surface area contributed by atoms with Gasteiger partial charge in [-0.1, -0.05) is 48.8 Å². The number of carbonyl (C=O) groups excluding carboxylic acids is 1. The summed E-state index contributed by atoms with van der Waals surface area (Å²) >= 11 is 3.42. The summed E-state index contributed by atoms with van der Waals surface area (Å²) in [5.41, 5.74) is 0.832. The Hall–Kier alpha value is -3.41. The van der Waals surface area contributed by atoms with Gasteiger partial charge in [-0.3, -0.25) is 14.3 Å². The number of carbonyl (C=O) groups is 2. The Morgan fingerprint density at radius 2 is 1.95 bits per heavy atom. The standard InChI is InChI=1S/C28H31BrF3N5O3/c1-27(2,3)18-11-17(12-19(29)13-18)22(14-23(38)39)35-26(40)21-15-37(36-24(21)28(30,31)32)10-8-20-7-6-16-5-4-9-33-25(16)34-20/h6-7,11-13,15,22H,4-5,8-10,14H2,1-3H3,(H,33,34)(H,35,40)(H,38,39). The van der Waals surface area contributed by atoms with Crippen molar-refractivity contribution < 1.29 is 27.9 Å². The Balaban J connectivity index is 1.59. The van der Waals surface area contributed by atoms with Crippen LogP contribution in [0.2, 0.25) is 0 Å². The summed E-state index contributed by atoms with van der Waals surface area (Å²) in [6.07, 6.45) is -2.11.